The van der Waals surface area contributed by atoms with E-state index in [1.165, 1.54) is 6.26 Å². The molecule has 0 radical (unpaired) electrons. The maximum Gasteiger partial charge on any atom is 0.175 e. The molecule has 1 unspecified atom stereocenters. The van der Waals surface area contributed by atoms with E-state index in [0.29, 0.717) is 23.2 Å². The Labute approximate surface area is 120 Å². The van der Waals surface area contributed by atoms with E-state index >= 15 is 0 Å². The first-order valence-electron chi connectivity index (χ1n) is 6.71. The Morgan fingerprint density at radius 3 is 2.60 bits per heavy atom. The van der Waals surface area contributed by atoms with Gasteiger partial charge >= 0.3 is 0 Å². The van der Waals surface area contributed by atoms with Crippen LogP contribution in [0.4, 0.5) is 0 Å². The zero-order chi connectivity index (χ0) is 14.6. The number of rotatable bonds is 5. The number of hydrogen-bond acceptors (Lipinski definition) is 5. The highest BCUT2D eigenvalue weighted by Gasteiger charge is 2.20. The average molecular weight is 299 g/mol. The Bertz CT molecular complexity index is 527. The van der Waals surface area contributed by atoms with Gasteiger partial charge in [0.25, 0.3) is 0 Å². The number of benzene rings is 1. The van der Waals surface area contributed by atoms with Crippen molar-refractivity contribution in [2.45, 2.75) is 17.7 Å². The molecule has 0 N–H and O–H groups in total. The molecule has 1 saturated heterocycles. The maximum atomic E-state index is 11.4. The van der Waals surface area contributed by atoms with Gasteiger partial charge in [0, 0.05) is 25.3 Å². The lowest BCUT2D eigenvalue weighted by Crippen LogP contribution is -2.36. The van der Waals surface area contributed by atoms with E-state index in [2.05, 4.69) is 0 Å². The van der Waals surface area contributed by atoms with Crippen LogP contribution >= 0.6 is 0 Å². The van der Waals surface area contributed by atoms with Gasteiger partial charge in [0.15, 0.2) is 9.84 Å². The predicted octanol–water partition coefficient (Wildman–Crippen LogP) is 1.74. The summed E-state index contributed by atoms with van der Waals surface area (Å²) >= 11 is 0. The molecule has 1 fully saturated rings. The molecule has 1 aliphatic rings. The van der Waals surface area contributed by atoms with E-state index in [9.17, 15) is 8.42 Å². The third-order valence-corrected chi connectivity index (χ3v) is 4.61. The fourth-order valence-electron chi connectivity index (χ4n) is 2.33. The minimum atomic E-state index is -3.14. The molecule has 20 heavy (non-hydrogen) atoms. The van der Waals surface area contributed by atoms with E-state index in [0.717, 1.165) is 25.9 Å². The number of hydrogen-bond donors (Lipinski definition) is 0. The second-order valence-corrected chi connectivity index (χ2v) is 7.15. The van der Waals surface area contributed by atoms with E-state index < -0.39 is 9.84 Å². The number of ether oxygens (including phenoxy) is 1. The molecule has 1 aromatic carbocycles. The molecule has 0 saturated carbocycles. The van der Waals surface area contributed by atoms with Crippen LogP contribution in [0.5, 0.6) is 5.75 Å². The van der Waals surface area contributed by atoms with Crippen molar-refractivity contribution in [3.05, 3.63) is 24.3 Å². The van der Waals surface area contributed by atoms with Gasteiger partial charge in [0.05, 0.1) is 18.6 Å². The second kappa shape index (κ2) is 6.56. The van der Waals surface area contributed by atoms with Crippen molar-refractivity contribution in [1.82, 2.24) is 5.06 Å². The van der Waals surface area contributed by atoms with Crippen LogP contribution in [0, 0.1) is 5.92 Å². The lowest BCUT2D eigenvalue weighted by Gasteiger charge is -2.30. The monoisotopic (exact) mass is 299 g/mol. The van der Waals surface area contributed by atoms with Crippen LogP contribution in [-0.4, -0.2) is 46.5 Å². The van der Waals surface area contributed by atoms with Crippen LogP contribution in [0.2, 0.25) is 0 Å². The SMILES string of the molecule is CON1CCCC(COc2ccc(S(C)(=O)=O)cc2)C1. The van der Waals surface area contributed by atoms with E-state index in [1.807, 2.05) is 5.06 Å². The normalized spacial score (nSPS) is 20.8. The largest absolute Gasteiger partial charge is 0.493 e. The highest BCUT2D eigenvalue weighted by Crippen LogP contribution is 2.20. The Balaban J connectivity index is 1.88. The minimum Gasteiger partial charge on any atom is -0.493 e. The number of hydroxylamine groups is 2. The molecule has 0 spiro atoms. The van der Waals surface area contributed by atoms with Crippen molar-refractivity contribution in [2.75, 3.05) is 33.1 Å². The van der Waals surface area contributed by atoms with Gasteiger partial charge in [-0.25, -0.2) is 8.42 Å². The van der Waals surface area contributed by atoms with Gasteiger partial charge in [0.1, 0.15) is 5.75 Å². The van der Waals surface area contributed by atoms with Gasteiger partial charge in [-0.1, -0.05) is 0 Å². The van der Waals surface area contributed by atoms with E-state index in [1.54, 1.807) is 31.4 Å². The summed E-state index contributed by atoms with van der Waals surface area (Å²) in [5, 5.41) is 1.95. The molecule has 112 valence electrons. The molecule has 0 amide bonds. The van der Waals surface area contributed by atoms with Gasteiger partial charge in [-0.05, 0) is 37.1 Å². The quantitative estimate of drug-likeness (QED) is 0.829. The predicted molar refractivity (Wildman–Crippen MR) is 76.4 cm³/mol. The fourth-order valence-corrected chi connectivity index (χ4v) is 2.96. The molecule has 6 heteroatoms. The molecule has 2 rings (SSSR count). The molecule has 1 atom stereocenters. The van der Waals surface area contributed by atoms with Gasteiger partial charge in [-0.3, -0.25) is 0 Å². The van der Waals surface area contributed by atoms with Crippen LogP contribution in [0.1, 0.15) is 12.8 Å². The van der Waals surface area contributed by atoms with Crippen molar-refractivity contribution in [3.8, 4) is 5.75 Å². The van der Waals surface area contributed by atoms with Crippen molar-refractivity contribution in [2.24, 2.45) is 5.92 Å². The Hall–Kier alpha value is -1.11. The Kier molecular flexibility index (Phi) is 5.01. The highest BCUT2D eigenvalue weighted by atomic mass is 32.2. The minimum absolute atomic E-state index is 0.313. The van der Waals surface area contributed by atoms with Crippen LogP contribution in [0.15, 0.2) is 29.2 Å². The van der Waals surface area contributed by atoms with Crippen LogP contribution < -0.4 is 4.74 Å². The van der Waals surface area contributed by atoms with Crippen molar-refractivity contribution < 1.29 is 18.0 Å². The molecule has 1 heterocycles. The van der Waals surface area contributed by atoms with E-state index in [4.69, 9.17) is 9.57 Å². The zero-order valence-electron chi connectivity index (χ0n) is 11.9. The van der Waals surface area contributed by atoms with Crippen molar-refractivity contribution in [1.29, 1.82) is 0 Å². The highest BCUT2D eigenvalue weighted by molar-refractivity contribution is 7.90. The van der Waals surface area contributed by atoms with Crippen molar-refractivity contribution in [3.63, 3.8) is 0 Å². The zero-order valence-corrected chi connectivity index (χ0v) is 12.7. The Morgan fingerprint density at radius 2 is 2.00 bits per heavy atom. The summed E-state index contributed by atoms with van der Waals surface area (Å²) in [7, 11) is -1.46. The van der Waals surface area contributed by atoms with Gasteiger partial charge in [0.2, 0.25) is 0 Å². The standard InChI is InChI=1S/C14H21NO4S/c1-18-15-9-3-4-12(10-15)11-19-13-5-7-14(8-6-13)20(2,16)17/h5-8,12H,3-4,9-11H2,1-2H3. The fraction of sp³-hybridized carbons (Fsp3) is 0.571. The summed E-state index contributed by atoms with van der Waals surface area (Å²) in [6.07, 6.45) is 3.43. The van der Waals surface area contributed by atoms with E-state index in [-0.39, 0.29) is 0 Å². The first-order chi connectivity index (χ1) is 9.49. The van der Waals surface area contributed by atoms with Crippen LogP contribution in [0.25, 0.3) is 0 Å². The molecule has 0 aromatic heterocycles. The summed E-state index contributed by atoms with van der Waals surface area (Å²) in [6, 6.07) is 6.56. The van der Waals surface area contributed by atoms with Gasteiger partial charge in [-0.15, -0.1) is 0 Å². The lowest BCUT2D eigenvalue weighted by molar-refractivity contribution is -0.155. The molecule has 0 aliphatic carbocycles. The summed E-state index contributed by atoms with van der Waals surface area (Å²) in [5.41, 5.74) is 0. The third-order valence-electron chi connectivity index (χ3n) is 3.48. The van der Waals surface area contributed by atoms with Crippen LogP contribution in [0.3, 0.4) is 0 Å². The van der Waals surface area contributed by atoms with Crippen LogP contribution in [-0.2, 0) is 14.7 Å². The molecular weight excluding hydrogens is 278 g/mol. The summed E-state index contributed by atoms with van der Waals surface area (Å²) < 4.78 is 28.4. The first kappa shape index (κ1) is 15.3. The molecule has 1 aliphatic heterocycles. The second-order valence-electron chi connectivity index (χ2n) is 5.13. The lowest BCUT2D eigenvalue weighted by atomic mass is 10.0. The number of piperidine rings is 1. The van der Waals surface area contributed by atoms with Gasteiger partial charge < -0.3 is 9.57 Å². The summed E-state index contributed by atoms with van der Waals surface area (Å²) in [6.45, 7) is 2.46. The average Bonchev–Trinajstić information content (AvgIpc) is 2.45. The number of nitrogens with zero attached hydrogens (tertiary/aromatic N) is 1. The topological polar surface area (TPSA) is 55.8 Å². The summed E-state index contributed by atoms with van der Waals surface area (Å²) in [4.78, 5) is 5.55. The summed E-state index contributed by atoms with van der Waals surface area (Å²) in [5.74, 6) is 1.14. The molecular formula is C14H21NO4S. The first-order valence-corrected chi connectivity index (χ1v) is 8.60. The molecule has 0 bridgehead atoms. The molecule has 1 aromatic rings. The molecule has 5 nitrogen and oxygen atoms in total. The Morgan fingerprint density at radius 1 is 1.30 bits per heavy atom. The van der Waals surface area contributed by atoms with Gasteiger partial charge in [-0.2, -0.15) is 5.06 Å². The number of sulfone groups is 1. The van der Waals surface area contributed by atoms with Crippen molar-refractivity contribution >= 4 is 9.84 Å². The maximum absolute atomic E-state index is 11.4. The smallest absolute Gasteiger partial charge is 0.175 e. The third kappa shape index (κ3) is 4.19.